The van der Waals surface area contributed by atoms with E-state index in [0.29, 0.717) is 0 Å². The minimum absolute atomic E-state index is 0.0878. The molecule has 0 saturated carbocycles. The maximum atomic E-state index is 13.7. The van der Waals surface area contributed by atoms with E-state index in [0.717, 1.165) is 5.56 Å². The fraction of sp³-hybridized carbons (Fsp3) is 0.312. The van der Waals surface area contributed by atoms with E-state index in [1.807, 2.05) is 6.92 Å². The predicted molar refractivity (Wildman–Crippen MR) is 88.9 cm³/mol. The molecule has 7 nitrogen and oxygen atoms in total. The Morgan fingerprint density at radius 2 is 2.21 bits per heavy atom. The summed E-state index contributed by atoms with van der Waals surface area (Å²) in [5.41, 5.74) is 6.69. The Bertz CT molecular complexity index is 730. The number of oxime groups is 1. The molecule has 0 fully saturated rings. The van der Waals surface area contributed by atoms with E-state index in [1.165, 1.54) is 19.1 Å². The smallest absolute Gasteiger partial charge is 0.268 e. The van der Waals surface area contributed by atoms with Gasteiger partial charge in [-0.05, 0) is 38.5 Å². The Morgan fingerprint density at radius 1 is 1.46 bits per heavy atom. The quantitative estimate of drug-likeness (QED) is 0.481. The molecule has 0 bridgehead atoms. The zero-order valence-corrected chi connectivity index (χ0v) is 13.7. The summed E-state index contributed by atoms with van der Waals surface area (Å²) in [4.78, 5) is 21.1. The van der Waals surface area contributed by atoms with E-state index in [4.69, 9.17) is 10.6 Å². The second-order valence-electron chi connectivity index (χ2n) is 5.42. The second-order valence-corrected chi connectivity index (χ2v) is 5.42. The molecule has 1 aromatic heterocycles. The third-order valence-corrected chi connectivity index (χ3v) is 3.47. The summed E-state index contributed by atoms with van der Waals surface area (Å²) in [6, 6.07) is 4.27. The number of nitrogens with two attached hydrogens (primary N) is 1. The predicted octanol–water partition coefficient (Wildman–Crippen LogP) is 2.21. The van der Waals surface area contributed by atoms with Crippen molar-refractivity contribution in [1.82, 2.24) is 9.55 Å². The lowest BCUT2D eigenvalue weighted by atomic mass is 10.2. The average molecular weight is 333 g/mol. The number of nitrogens with zero attached hydrogens (tertiary/aromatic N) is 3. The molecule has 0 saturated heterocycles. The first-order valence-electron chi connectivity index (χ1n) is 7.42. The Kier molecular flexibility index (Phi) is 5.51. The van der Waals surface area contributed by atoms with Gasteiger partial charge in [0.25, 0.3) is 5.91 Å². The number of nitrogens with one attached hydrogen (secondary N) is 1. The molecule has 0 aliphatic heterocycles. The van der Waals surface area contributed by atoms with Gasteiger partial charge in [0, 0.05) is 12.4 Å². The molecule has 0 unspecified atom stereocenters. The van der Waals surface area contributed by atoms with Gasteiger partial charge in [-0.3, -0.25) is 4.79 Å². The normalized spacial score (nSPS) is 14.1. The zero-order chi connectivity index (χ0) is 17.7. The Hall–Kier alpha value is -2.90. The maximum absolute atomic E-state index is 13.7. The van der Waals surface area contributed by atoms with Crippen LogP contribution in [0.15, 0.2) is 42.1 Å². The van der Waals surface area contributed by atoms with Gasteiger partial charge in [-0.2, -0.15) is 0 Å². The zero-order valence-electron chi connectivity index (χ0n) is 13.7. The Morgan fingerprint density at radius 3 is 2.83 bits per heavy atom. The molecule has 3 N–H and O–H groups in total. The molecule has 24 heavy (non-hydrogen) atoms. The van der Waals surface area contributed by atoms with Crippen LogP contribution in [0.3, 0.4) is 0 Å². The van der Waals surface area contributed by atoms with E-state index in [2.05, 4.69) is 15.5 Å². The summed E-state index contributed by atoms with van der Waals surface area (Å²) in [5.74, 6) is -0.842. The summed E-state index contributed by atoms with van der Waals surface area (Å²) in [7, 11) is 0. The van der Waals surface area contributed by atoms with Gasteiger partial charge < -0.3 is 20.5 Å². The summed E-state index contributed by atoms with van der Waals surface area (Å²) in [6.45, 7) is 5.08. The van der Waals surface area contributed by atoms with Crippen LogP contribution in [0.2, 0.25) is 0 Å². The van der Waals surface area contributed by atoms with Crippen LogP contribution < -0.4 is 11.1 Å². The number of amidine groups is 1. The van der Waals surface area contributed by atoms with Crippen molar-refractivity contribution < 1.29 is 14.0 Å². The van der Waals surface area contributed by atoms with Crippen molar-refractivity contribution in [2.45, 2.75) is 32.9 Å². The molecule has 2 aromatic rings. The number of imidazole rings is 1. The maximum Gasteiger partial charge on any atom is 0.268 e. The van der Waals surface area contributed by atoms with Crippen LogP contribution in [0, 0.1) is 12.7 Å². The van der Waals surface area contributed by atoms with Gasteiger partial charge in [-0.25, -0.2) is 9.37 Å². The lowest BCUT2D eigenvalue weighted by Crippen LogP contribution is -2.29. The number of carbonyl (C=O) groups excluding carboxylic acids is 1. The average Bonchev–Trinajstić information content (AvgIpc) is 3.08. The van der Waals surface area contributed by atoms with Gasteiger partial charge in [-0.15, -0.1) is 0 Å². The van der Waals surface area contributed by atoms with Gasteiger partial charge in [-0.1, -0.05) is 11.2 Å². The number of amides is 1. The van der Waals surface area contributed by atoms with E-state index < -0.39 is 17.8 Å². The van der Waals surface area contributed by atoms with E-state index in [-0.39, 0.29) is 17.6 Å². The van der Waals surface area contributed by atoms with Crippen LogP contribution in [0.1, 0.15) is 25.5 Å². The molecule has 0 aliphatic rings. The molecule has 0 aliphatic carbocycles. The topological polar surface area (TPSA) is 94.5 Å². The summed E-state index contributed by atoms with van der Waals surface area (Å²) >= 11 is 0. The van der Waals surface area contributed by atoms with Gasteiger partial charge in [0.2, 0.25) is 6.10 Å². The van der Waals surface area contributed by atoms with Crippen molar-refractivity contribution in [2.75, 3.05) is 5.32 Å². The number of benzene rings is 1. The molecule has 0 spiro atoms. The largest absolute Gasteiger partial charge is 0.383 e. The van der Waals surface area contributed by atoms with Crippen LogP contribution in [-0.4, -0.2) is 27.4 Å². The highest BCUT2D eigenvalue weighted by atomic mass is 19.1. The van der Waals surface area contributed by atoms with Crippen LogP contribution in [-0.2, 0) is 9.63 Å². The fourth-order valence-corrected chi connectivity index (χ4v) is 1.87. The molecule has 1 heterocycles. The van der Waals surface area contributed by atoms with Gasteiger partial charge in [0.05, 0.1) is 18.1 Å². The first-order chi connectivity index (χ1) is 11.4. The molecule has 128 valence electrons. The minimum atomic E-state index is -0.931. The molecule has 1 aromatic carbocycles. The number of carbonyl (C=O) groups is 1. The van der Waals surface area contributed by atoms with Crippen molar-refractivity contribution in [1.29, 1.82) is 0 Å². The SMILES string of the molecule is Cc1ccc(NC(=O)[C@@H](C)O/N=C(\N)[C@@H](C)n2ccnc2)c(F)c1. The minimum Gasteiger partial charge on any atom is -0.383 e. The van der Waals surface area contributed by atoms with E-state index in [9.17, 15) is 9.18 Å². The molecule has 8 heteroatoms. The van der Waals surface area contributed by atoms with E-state index in [1.54, 1.807) is 36.3 Å². The van der Waals surface area contributed by atoms with Crippen LogP contribution in [0.5, 0.6) is 0 Å². The lowest BCUT2D eigenvalue weighted by Gasteiger charge is -2.14. The standard InChI is InChI=1S/C16H20FN5O2/c1-10-4-5-14(13(17)8-10)20-16(23)12(3)24-21-15(18)11(2)22-7-6-19-9-22/h4-9,11-12H,1-3H3,(H2,18,21)(H,20,23)/t11-,12-/m1/s1. The van der Waals surface area contributed by atoms with Crippen molar-refractivity contribution in [3.8, 4) is 0 Å². The van der Waals surface area contributed by atoms with Crippen molar-refractivity contribution in [3.63, 3.8) is 0 Å². The number of hydrogen-bond donors (Lipinski definition) is 2. The number of aromatic nitrogens is 2. The van der Waals surface area contributed by atoms with Gasteiger partial charge in [0.1, 0.15) is 5.82 Å². The van der Waals surface area contributed by atoms with Gasteiger partial charge >= 0.3 is 0 Å². The highest BCUT2D eigenvalue weighted by Gasteiger charge is 2.17. The summed E-state index contributed by atoms with van der Waals surface area (Å²) in [6.07, 6.45) is 4.03. The summed E-state index contributed by atoms with van der Waals surface area (Å²) in [5, 5.41) is 6.22. The number of anilines is 1. The highest BCUT2D eigenvalue weighted by molar-refractivity contribution is 5.94. The number of halogens is 1. The van der Waals surface area contributed by atoms with Gasteiger partial charge in [0.15, 0.2) is 5.84 Å². The third-order valence-electron chi connectivity index (χ3n) is 3.47. The Balaban J connectivity index is 1.94. The second kappa shape index (κ2) is 7.58. The number of rotatable bonds is 6. The lowest BCUT2D eigenvalue weighted by molar-refractivity contribution is -0.126. The molecule has 2 atom stereocenters. The molecular formula is C16H20FN5O2. The van der Waals surface area contributed by atoms with Crippen molar-refractivity contribution in [2.24, 2.45) is 10.9 Å². The van der Waals surface area contributed by atoms with Crippen molar-refractivity contribution >= 4 is 17.4 Å². The third kappa shape index (κ3) is 4.31. The van der Waals surface area contributed by atoms with Crippen molar-refractivity contribution in [3.05, 3.63) is 48.3 Å². The molecular weight excluding hydrogens is 313 g/mol. The monoisotopic (exact) mass is 333 g/mol. The molecule has 0 radical (unpaired) electrons. The highest BCUT2D eigenvalue weighted by Crippen LogP contribution is 2.16. The molecule has 1 amide bonds. The number of aryl methyl sites for hydroxylation is 1. The first-order valence-corrected chi connectivity index (χ1v) is 7.42. The van der Waals surface area contributed by atoms with Crippen LogP contribution in [0.4, 0.5) is 10.1 Å². The van der Waals surface area contributed by atoms with E-state index >= 15 is 0 Å². The fourth-order valence-electron chi connectivity index (χ4n) is 1.87. The first kappa shape index (κ1) is 17.5. The molecule has 2 rings (SSSR count). The summed E-state index contributed by atoms with van der Waals surface area (Å²) < 4.78 is 15.5. The number of hydrogen-bond acceptors (Lipinski definition) is 4. The Labute approximate surface area is 139 Å². The van der Waals surface area contributed by atoms with Crippen LogP contribution in [0.25, 0.3) is 0 Å². The van der Waals surface area contributed by atoms with Crippen LogP contribution >= 0.6 is 0 Å².